The van der Waals surface area contributed by atoms with Crippen molar-refractivity contribution in [3.8, 4) is 28.9 Å². The number of aromatic amines is 1. The molecule has 1 unspecified atom stereocenters. The van der Waals surface area contributed by atoms with E-state index in [0.717, 1.165) is 0 Å². The second kappa shape index (κ2) is 8.84. The predicted molar refractivity (Wildman–Crippen MR) is 113 cm³/mol. The zero-order chi connectivity index (χ0) is 22.7. The summed E-state index contributed by atoms with van der Waals surface area (Å²) in [6, 6.07) is 10.3. The minimum absolute atomic E-state index is 0.0131. The monoisotopic (exact) mass is 434 g/mol. The van der Waals surface area contributed by atoms with Gasteiger partial charge < -0.3 is 19.9 Å². The van der Waals surface area contributed by atoms with Gasteiger partial charge in [-0.05, 0) is 42.8 Å². The molecule has 4 rings (SSSR count). The van der Waals surface area contributed by atoms with Gasteiger partial charge in [-0.25, -0.2) is 14.4 Å². The van der Waals surface area contributed by atoms with Crippen molar-refractivity contribution < 1.29 is 24.1 Å². The summed E-state index contributed by atoms with van der Waals surface area (Å²) in [5, 5.41) is 19.6. The van der Waals surface area contributed by atoms with Gasteiger partial charge in [0, 0.05) is 30.1 Å². The van der Waals surface area contributed by atoms with Crippen LogP contribution in [0.25, 0.3) is 11.4 Å². The van der Waals surface area contributed by atoms with Crippen LogP contribution < -0.4 is 4.74 Å². The van der Waals surface area contributed by atoms with Crippen molar-refractivity contribution in [2.24, 2.45) is 0 Å². The summed E-state index contributed by atoms with van der Waals surface area (Å²) >= 11 is 0. The summed E-state index contributed by atoms with van der Waals surface area (Å²) in [6.07, 6.45) is 4.46. The molecule has 2 heterocycles. The number of benzene rings is 2. The van der Waals surface area contributed by atoms with Crippen LogP contribution in [0.3, 0.4) is 0 Å². The maximum Gasteiger partial charge on any atom is 0.322 e. The first-order chi connectivity index (χ1) is 15.4. The topological polar surface area (TPSA) is 121 Å². The number of nitrogens with zero attached hydrogens (tertiary/aromatic N) is 3. The lowest BCUT2D eigenvalue weighted by atomic mass is 9.92. The number of aromatic hydroxyl groups is 1. The highest BCUT2D eigenvalue weighted by Crippen LogP contribution is 2.37. The number of carboxylic acids is 1. The first kappa shape index (κ1) is 21.0. The largest absolute Gasteiger partial charge is 0.507 e. The number of hydrogen-bond donors (Lipinski definition) is 3. The molecular formula is C23H19FN4O4. The second-order valence-electron chi connectivity index (χ2n) is 7.09. The van der Waals surface area contributed by atoms with Crippen LogP contribution in [0, 0.1) is 12.7 Å². The highest BCUT2D eigenvalue weighted by molar-refractivity contribution is 5.71. The van der Waals surface area contributed by atoms with Gasteiger partial charge in [0.1, 0.15) is 23.1 Å². The van der Waals surface area contributed by atoms with E-state index in [1.807, 2.05) is 0 Å². The number of phenols is 1. The fraction of sp³-hybridized carbons (Fsp3) is 0.130. The van der Waals surface area contributed by atoms with E-state index in [4.69, 9.17) is 4.74 Å². The minimum Gasteiger partial charge on any atom is -0.507 e. The summed E-state index contributed by atoms with van der Waals surface area (Å²) in [5.74, 6) is -1.11. The Morgan fingerprint density at radius 2 is 1.91 bits per heavy atom. The van der Waals surface area contributed by atoms with Gasteiger partial charge in [-0.3, -0.25) is 4.79 Å². The van der Waals surface area contributed by atoms with Crippen LogP contribution in [0.1, 0.15) is 29.2 Å². The zero-order valence-corrected chi connectivity index (χ0v) is 17.0. The number of rotatable bonds is 7. The van der Waals surface area contributed by atoms with Crippen molar-refractivity contribution in [3.05, 3.63) is 83.7 Å². The molecule has 0 aliphatic heterocycles. The Labute approximate surface area is 182 Å². The number of carboxylic acid groups (broad SMARTS) is 1. The smallest absolute Gasteiger partial charge is 0.322 e. The Hall–Kier alpha value is -4.27. The van der Waals surface area contributed by atoms with Crippen LogP contribution in [0.15, 0.2) is 61.1 Å². The predicted octanol–water partition coefficient (Wildman–Crippen LogP) is 4.42. The molecule has 9 heteroatoms. The number of imidazole rings is 1. The SMILES string of the molecule is Cc1c(Oc2nccc(C(CC(=O)O)c3ccc(F)cc3)n2)ccc(O)c1-c1ncc[nH]1. The molecule has 0 spiro atoms. The molecule has 0 bridgehead atoms. The van der Waals surface area contributed by atoms with Crippen LogP contribution in [0.2, 0.25) is 0 Å². The van der Waals surface area contributed by atoms with Crippen LogP contribution in [0.5, 0.6) is 17.5 Å². The van der Waals surface area contributed by atoms with Gasteiger partial charge in [-0.1, -0.05) is 12.1 Å². The number of phenolic OH excluding ortho intramolecular Hbond substituents is 1. The fourth-order valence-corrected chi connectivity index (χ4v) is 3.45. The Balaban J connectivity index is 1.68. The Morgan fingerprint density at radius 1 is 1.12 bits per heavy atom. The minimum atomic E-state index is -1.02. The maximum atomic E-state index is 13.3. The number of aromatic nitrogens is 4. The molecule has 1 atom stereocenters. The molecule has 0 saturated heterocycles. The Bertz CT molecular complexity index is 1240. The number of halogens is 1. The van der Waals surface area contributed by atoms with Crippen LogP contribution in [0.4, 0.5) is 4.39 Å². The van der Waals surface area contributed by atoms with Crippen molar-refractivity contribution in [1.82, 2.24) is 19.9 Å². The molecule has 0 fully saturated rings. The number of H-pyrrole nitrogens is 1. The van der Waals surface area contributed by atoms with Gasteiger partial charge in [0.15, 0.2) is 0 Å². The van der Waals surface area contributed by atoms with Gasteiger partial charge in [0.05, 0.1) is 17.7 Å². The third-order valence-electron chi connectivity index (χ3n) is 4.99. The van der Waals surface area contributed by atoms with E-state index in [0.29, 0.717) is 34.0 Å². The Kier molecular flexibility index (Phi) is 5.80. The third-order valence-corrected chi connectivity index (χ3v) is 4.99. The van der Waals surface area contributed by atoms with E-state index in [9.17, 15) is 19.4 Å². The van der Waals surface area contributed by atoms with Crippen LogP contribution in [-0.2, 0) is 4.79 Å². The molecule has 0 amide bonds. The van der Waals surface area contributed by atoms with Crippen LogP contribution in [-0.4, -0.2) is 36.1 Å². The van der Waals surface area contributed by atoms with E-state index in [1.54, 1.807) is 31.5 Å². The van der Waals surface area contributed by atoms with Gasteiger partial charge in [-0.2, -0.15) is 4.98 Å². The quantitative estimate of drug-likeness (QED) is 0.394. The van der Waals surface area contributed by atoms with Gasteiger partial charge >= 0.3 is 12.0 Å². The number of ether oxygens (including phenoxy) is 1. The standard InChI is InChI=1S/C23H19FN4O4/c1-13-19(7-6-18(29)21(13)22-25-10-11-26-22)32-23-27-9-8-17(28-23)16(12-20(30)31)14-2-4-15(24)5-3-14/h2-11,16,29H,12H2,1H3,(H,25,26)(H,30,31). The third kappa shape index (κ3) is 4.41. The first-order valence-corrected chi connectivity index (χ1v) is 9.72. The lowest BCUT2D eigenvalue weighted by molar-refractivity contribution is -0.137. The lowest BCUT2D eigenvalue weighted by Crippen LogP contribution is -2.10. The lowest BCUT2D eigenvalue weighted by Gasteiger charge is -2.16. The molecule has 162 valence electrons. The summed E-state index contributed by atoms with van der Waals surface area (Å²) in [5.41, 5.74) is 2.14. The fourth-order valence-electron chi connectivity index (χ4n) is 3.45. The molecule has 0 aliphatic carbocycles. The number of hydrogen-bond acceptors (Lipinski definition) is 6. The van der Waals surface area contributed by atoms with Crippen molar-refractivity contribution in [1.29, 1.82) is 0 Å². The van der Waals surface area contributed by atoms with E-state index in [-0.39, 0.29) is 18.2 Å². The molecule has 32 heavy (non-hydrogen) atoms. The molecule has 0 radical (unpaired) electrons. The summed E-state index contributed by atoms with van der Waals surface area (Å²) < 4.78 is 19.2. The molecular weight excluding hydrogens is 415 g/mol. The van der Waals surface area contributed by atoms with Crippen molar-refractivity contribution in [3.63, 3.8) is 0 Å². The van der Waals surface area contributed by atoms with E-state index in [2.05, 4.69) is 19.9 Å². The molecule has 0 aliphatic rings. The van der Waals surface area contributed by atoms with E-state index >= 15 is 0 Å². The summed E-state index contributed by atoms with van der Waals surface area (Å²) in [7, 11) is 0. The molecule has 2 aromatic heterocycles. The van der Waals surface area contributed by atoms with E-state index in [1.165, 1.54) is 36.5 Å². The van der Waals surface area contributed by atoms with Gasteiger partial charge in [-0.15, -0.1) is 0 Å². The Morgan fingerprint density at radius 3 is 2.59 bits per heavy atom. The van der Waals surface area contributed by atoms with Crippen molar-refractivity contribution in [2.75, 3.05) is 0 Å². The average molecular weight is 434 g/mol. The van der Waals surface area contributed by atoms with Gasteiger partial charge in [0.2, 0.25) is 0 Å². The molecule has 4 aromatic rings. The second-order valence-corrected chi connectivity index (χ2v) is 7.09. The van der Waals surface area contributed by atoms with Crippen LogP contribution >= 0.6 is 0 Å². The number of carbonyl (C=O) groups is 1. The molecule has 8 nitrogen and oxygen atoms in total. The maximum absolute atomic E-state index is 13.3. The average Bonchev–Trinajstić information content (AvgIpc) is 3.29. The summed E-state index contributed by atoms with van der Waals surface area (Å²) in [4.78, 5) is 27.1. The normalized spacial score (nSPS) is 11.8. The molecule has 3 N–H and O–H groups in total. The summed E-state index contributed by atoms with van der Waals surface area (Å²) in [6.45, 7) is 1.77. The molecule has 2 aromatic carbocycles. The number of nitrogens with one attached hydrogen (secondary N) is 1. The van der Waals surface area contributed by atoms with Gasteiger partial charge in [0.25, 0.3) is 0 Å². The zero-order valence-electron chi connectivity index (χ0n) is 17.0. The highest BCUT2D eigenvalue weighted by Gasteiger charge is 2.21. The molecule has 0 saturated carbocycles. The van der Waals surface area contributed by atoms with Crippen molar-refractivity contribution in [2.45, 2.75) is 19.3 Å². The van der Waals surface area contributed by atoms with Crippen molar-refractivity contribution >= 4 is 5.97 Å². The number of aliphatic carboxylic acids is 1. The van der Waals surface area contributed by atoms with E-state index < -0.39 is 17.7 Å². The first-order valence-electron chi connectivity index (χ1n) is 9.72. The highest BCUT2D eigenvalue weighted by atomic mass is 19.1.